The Morgan fingerprint density at radius 2 is 1.82 bits per heavy atom. The molecule has 2 aliphatic heterocycles. The van der Waals surface area contributed by atoms with E-state index >= 15 is 0 Å². The van der Waals surface area contributed by atoms with E-state index in [9.17, 15) is 17.6 Å². The van der Waals surface area contributed by atoms with Crippen molar-refractivity contribution in [3.8, 4) is 0 Å². The number of benzene rings is 1. The maximum absolute atomic E-state index is 13.3. The molecule has 2 fully saturated rings. The lowest BCUT2D eigenvalue weighted by Gasteiger charge is -2.25. The molecule has 2 aliphatic rings. The number of aromatic nitrogens is 2. The van der Waals surface area contributed by atoms with Gasteiger partial charge < -0.3 is 18.9 Å². The highest BCUT2D eigenvalue weighted by molar-refractivity contribution is 7.90. The number of imidazole rings is 1. The van der Waals surface area contributed by atoms with Gasteiger partial charge in [0.2, 0.25) is 20.9 Å². The molecule has 2 aromatic rings. The molecule has 2 saturated heterocycles. The lowest BCUT2D eigenvalue weighted by Crippen LogP contribution is -2.36. The van der Waals surface area contributed by atoms with Crippen LogP contribution in [0, 0.1) is 5.82 Å². The lowest BCUT2D eigenvalue weighted by atomic mass is 10.2. The molecule has 1 amide bonds. The Balaban J connectivity index is 1.61. The Kier molecular flexibility index (Phi) is 7.45. The van der Waals surface area contributed by atoms with E-state index in [0.717, 1.165) is 25.7 Å². The Morgan fingerprint density at radius 3 is 2.42 bits per heavy atom. The average molecular weight is 480 g/mol. The SMILES string of the molecule is CC(=O)N(Cc1cnc(S(=O)(=O)Cc2ccc(F)cc2)n1C[C@@H]1CCCO1)C[C@H]1CCCO1. The fourth-order valence-electron chi connectivity index (χ4n) is 4.35. The molecule has 0 radical (unpaired) electrons. The van der Waals surface area contributed by atoms with Gasteiger partial charge >= 0.3 is 0 Å². The summed E-state index contributed by atoms with van der Waals surface area (Å²) in [6.45, 7) is 3.88. The second-order valence-electron chi connectivity index (χ2n) is 8.70. The van der Waals surface area contributed by atoms with E-state index in [4.69, 9.17) is 9.47 Å². The zero-order valence-corrected chi connectivity index (χ0v) is 19.6. The minimum Gasteiger partial charge on any atom is -0.376 e. The third-order valence-electron chi connectivity index (χ3n) is 6.11. The van der Waals surface area contributed by atoms with Crippen LogP contribution < -0.4 is 0 Å². The molecule has 4 rings (SSSR count). The molecule has 33 heavy (non-hydrogen) atoms. The van der Waals surface area contributed by atoms with Crippen LogP contribution in [-0.4, -0.2) is 60.7 Å². The predicted molar refractivity (Wildman–Crippen MR) is 119 cm³/mol. The molecule has 180 valence electrons. The maximum atomic E-state index is 13.3. The summed E-state index contributed by atoms with van der Waals surface area (Å²) < 4.78 is 52.9. The molecule has 0 N–H and O–H groups in total. The van der Waals surface area contributed by atoms with Crippen LogP contribution in [0.2, 0.25) is 0 Å². The first kappa shape index (κ1) is 23.8. The summed E-state index contributed by atoms with van der Waals surface area (Å²) >= 11 is 0. The van der Waals surface area contributed by atoms with Gasteiger partial charge in [0.25, 0.3) is 0 Å². The maximum Gasteiger partial charge on any atom is 0.228 e. The monoisotopic (exact) mass is 479 g/mol. The molecule has 1 aromatic heterocycles. The van der Waals surface area contributed by atoms with Crippen molar-refractivity contribution in [2.75, 3.05) is 19.8 Å². The molecule has 0 saturated carbocycles. The van der Waals surface area contributed by atoms with Crippen LogP contribution in [0.3, 0.4) is 0 Å². The molecule has 0 aliphatic carbocycles. The van der Waals surface area contributed by atoms with Crippen LogP contribution in [0.15, 0.2) is 35.6 Å². The second-order valence-corrected chi connectivity index (χ2v) is 10.6. The fourth-order valence-corrected chi connectivity index (χ4v) is 5.85. The van der Waals surface area contributed by atoms with Crippen molar-refractivity contribution in [1.82, 2.24) is 14.5 Å². The summed E-state index contributed by atoms with van der Waals surface area (Å²) in [4.78, 5) is 18.3. The summed E-state index contributed by atoms with van der Waals surface area (Å²) in [5, 5.41) is -0.0575. The van der Waals surface area contributed by atoms with Crippen LogP contribution in [-0.2, 0) is 42.9 Å². The van der Waals surface area contributed by atoms with Gasteiger partial charge in [0, 0.05) is 26.7 Å². The minimum atomic E-state index is -3.81. The van der Waals surface area contributed by atoms with Crippen molar-refractivity contribution < 1.29 is 27.1 Å². The number of carbonyl (C=O) groups excluding carboxylic acids is 1. The van der Waals surface area contributed by atoms with Crippen LogP contribution in [0.1, 0.15) is 43.9 Å². The van der Waals surface area contributed by atoms with Gasteiger partial charge in [-0.15, -0.1) is 0 Å². The molecule has 1 aromatic carbocycles. The highest BCUT2D eigenvalue weighted by atomic mass is 32.2. The zero-order valence-electron chi connectivity index (χ0n) is 18.8. The molecule has 0 spiro atoms. The normalized spacial score (nSPS) is 20.9. The van der Waals surface area contributed by atoms with Crippen molar-refractivity contribution in [2.45, 2.75) is 68.8 Å². The van der Waals surface area contributed by atoms with Crippen molar-refractivity contribution in [1.29, 1.82) is 0 Å². The van der Waals surface area contributed by atoms with Gasteiger partial charge in [-0.1, -0.05) is 12.1 Å². The smallest absolute Gasteiger partial charge is 0.228 e. The van der Waals surface area contributed by atoms with Gasteiger partial charge in [-0.2, -0.15) is 0 Å². The second kappa shape index (κ2) is 10.3. The molecule has 10 heteroatoms. The number of amides is 1. The van der Waals surface area contributed by atoms with E-state index in [1.54, 1.807) is 9.47 Å². The number of hydrogen-bond donors (Lipinski definition) is 0. The number of hydrogen-bond acceptors (Lipinski definition) is 6. The van der Waals surface area contributed by atoms with E-state index in [0.29, 0.717) is 37.6 Å². The first-order valence-corrected chi connectivity index (χ1v) is 13.0. The van der Waals surface area contributed by atoms with Crippen molar-refractivity contribution in [3.05, 3.63) is 47.5 Å². The lowest BCUT2D eigenvalue weighted by molar-refractivity contribution is -0.131. The summed E-state index contributed by atoms with van der Waals surface area (Å²) in [5.74, 6) is -0.818. The van der Waals surface area contributed by atoms with Gasteiger partial charge in [-0.25, -0.2) is 17.8 Å². The highest BCUT2D eigenvalue weighted by Gasteiger charge is 2.29. The number of halogens is 1. The predicted octanol–water partition coefficient (Wildman–Crippen LogP) is 2.70. The van der Waals surface area contributed by atoms with Gasteiger partial charge in [-0.3, -0.25) is 4.79 Å². The Hall–Kier alpha value is -2.30. The van der Waals surface area contributed by atoms with Gasteiger partial charge in [0.15, 0.2) is 0 Å². The van der Waals surface area contributed by atoms with Gasteiger partial charge in [-0.05, 0) is 43.4 Å². The van der Waals surface area contributed by atoms with E-state index in [-0.39, 0.29) is 35.6 Å². The number of nitrogens with zero attached hydrogens (tertiary/aromatic N) is 3. The average Bonchev–Trinajstić information content (AvgIpc) is 3.53. The van der Waals surface area contributed by atoms with Crippen molar-refractivity contribution in [3.63, 3.8) is 0 Å². The van der Waals surface area contributed by atoms with E-state index in [1.807, 2.05) is 0 Å². The minimum absolute atomic E-state index is 0.00915. The Bertz CT molecular complexity index is 1060. The number of carbonyl (C=O) groups is 1. The third-order valence-corrected chi connectivity index (χ3v) is 7.70. The largest absolute Gasteiger partial charge is 0.376 e. The van der Waals surface area contributed by atoms with Gasteiger partial charge in [0.1, 0.15) is 5.82 Å². The first-order chi connectivity index (χ1) is 15.8. The van der Waals surface area contributed by atoms with E-state index < -0.39 is 15.7 Å². The molecule has 2 atom stereocenters. The quantitative estimate of drug-likeness (QED) is 0.549. The summed E-state index contributed by atoms with van der Waals surface area (Å²) in [6, 6.07) is 5.40. The number of rotatable bonds is 9. The molecule has 0 bridgehead atoms. The standard InChI is InChI=1S/C23H30FN3O5S/c1-17(28)26(14-21-4-2-10-31-21)13-20-12-25-23(27(20)15-22-5-3-11-32-22)33(29,30)16-18-6-8-19(24)9-7-18/h6-9,12,21-22H,2-5,10-11,13-16H2,1H3/t21-,22+/m1/s1. The fraction of sp³-hybridized carbons (Fsp3) is 0.565. The van der Waals surface area contributed by atoms with Crippen LogP contribution in [0.5, 0.6) is 0 Å². The molecular weight excluding hydrogens is 449 g/mol. The van der Waals surface area contributed by atoms with Crippen molar-refractivity contribution >= 4 is 15.7 Å². The Labute approximate surface area is 193 Å². The van der Waals surface area contributed by atoms with Crippen LogP contribution in [0.4, 0.5) is 4.39 Å². The first-order valence-electron chi connectivity index (χ1n) is 11.3. The molecule has 8 nitrogen and oxygen atoms in total. The summed E-state index contributed by atoms with van der Waals surface area (Å²) in [5.41, 5.74) is 1.12. The summed E-state index contributed by atoms with van der Waals surface area (Å²) in [6.07, 6.45) is 5.03. The van der Waals surface area contributed by atoms with Crippen molar-refractivity contribution in [2.24, 2.45) is 0 Å². The number of ether oxygens (including phenoxy) is 2. The molecular formula is C23H30FN3O5S. The molecule has 3 heterocycles. The zero-order chi connectivity index (χ0) is 23.4. The van der Waals surface area contributed by atoms with Crippen LogP contribution >= 0.6 is 0 Å². The molecule has 0 unspecified atom stereocenters. The third kappa shape index (κ3) is 5.99. The van der Waals surface area contributed by atoms with Crippen LogP contribution in [0.25, 0.3) is 0 Å². The van der Waals surface area contributed by atoms with E-state index in [1.165, 1.54) is 37.4 Å². The van der Waals surface area contributed by atoms with Gasteiger partial charge in [0.05, 0.1) is 42.9 Å². The Morgan fingerprint density at radius 1 is 1.15 bits per heavy atom. The topological polar surface area (TPSA) is 90.7 Å². The number of sulfone groups is 1. The summed E-state index contributed by atoms with van der Waals surface area (Å²) in [7, 11) is -3.81. The van der Waals surface area contributed by atoms with E-state index in [2.05, 4.69) is 4.98 Å². The highest BCUT2D eigenvalue weighted by Crippen LogP contribution is 2.23.